The predicted octanol–water partition coefficient (Wildman–Crippen LogP) is 3.98. The van der Waals surface area contributed by atoms with Gasteiger partial charge in [0.1, 0.15) is 0 Å². The van der Waals surface area contributed by atoms with Crippen molar-refractivity contribution < 1.29 is 0 Å². The molecule has 17 heavy (non-hydrogen) atoms. The largest absolute Gasteiger partial charge is 0.368 e. The minimum atomic E-state index is 0.554. The smallest absolute Gasteiger partial charge is 0.0509 e. The molecule has 1 aliphatic rings. The molecule has 0 spiro atoms. The molecule has 2 rings (SSSR count). The van der Waals surface area contributed by atoms with Gasteiger partial charge in [0.15, 0.2) is 0 Å². The molecular formula is C14H21ClN2. The van der Waals surface area contributed by atoms with Crippen molar-refractivity contribution in [1.82, 2.24) is 4.98 Å². The number of hydrogen-bond donors (Lipinski definition) is 0. The first-order chi connectivity index (χ1) is 8.36. The van der Waals surface area contributed by atoms with Gasteiger partial charge in [-0.05, 0) is 31.7 Å². The monoisotopic (exact) mass is 252 g/mol. The van der Waals surface area contributed by atoms with Crippen LogP contribution in [0.25, 0.3) is 0 Å². The van der Waals surface area contributed by atoms with Crippen molar-refractivity contribution in [2.75, 3.05) is 11.4 Å². The molecule has 3 heteroatoms. The average Bonchev–Trinajstić information content (AvgIpc) is 2.40. The fourth-order valence-corrected chi connectivity index (χ4v) is 2.96. The van der Waals surface area contributed by atoms with Gasteiger partial charge in [-0.25, -0.2) is 0 Å². The lowest BCUT2D eigenvalue weighted by molar-refractivity contribution is 0.434. The van der Waals surface area contributed by atoms with Gasteiger partial charge < -0.3 is 4.90 Å². The zero-order valence-corrected chi connectivity index (χ0v) is 11.3. The highest BCUT2D eigenvalue weighted by atomic mass is 35.5. The molecule has 0 bridgehead atoms. The number of pyridine rings is 1. The van der Waals surface area contributed by atoms with Crippen molar-refractivity contribution in [2.45, 2.75) is 50.9 Å². The summed E-state index contributed by atoms with van der Waals surface area (Å²) in [6, 6.07) is 2.81. The Bertz CT molecular complexity index is 352. The summed E-state index contributed by atoms with van der Waals surface area (Å²) in [4.78, 5) is 6.72. The summed E-state index contributed by atoms with van der Waals surface area (Å²) in [5.41, 5.74) is 2.46. The lowest BCUT2D eigenvalue weighted by Gasteiger charge is -2.38. The van der Waals surface area contributed by atoms with Gasteiger partial charge >= 0.3 is 0 Å². The Morgan fingerprint density at radius 3 is 3.12 bits per heavy atom. The van der Waals surface area contributed by atoms with Crippen molar-refractivity contribution in [1.29, 1.82) is 0 Å². The summed E-state index contributed by atoms with van der Waals surface area (Å²) < 4.78 is 0. The summed E-state index contributed by atoms with van der Waals surface area (Å²) >= 11 is 6.01. The zero-order chi connectivity index (χ0) is 12.1. The number of alkyl halides is 1. The van der Waals surface area contributed by atoms with Crippen LogP contribution in [0.4, 0.5) is 5.69 Å². The molecule has 1 aromatic rings. The topological polar surface area (TPSA) is 16.1 Å². The molecule has 0 aromatic carbocycles. The van der Waals surface area contributed by atoms with Crippen LogP contribution in [0, 0.1) is 0 Å². The van der Waals surface area contributed by atoms with Crippen LogP contribution in [0.3, 0.4) is 0 Å². The molecule has 2 nitrogen and oxygen atoms in total. The van der Waals surface area contributed by atoms with Crippen LogP contribution >= 0.6 is 11.6 Å². The molecule has 0 saturated carbocycles. The highest BCUT2D eigenvalue weighted by Crippen LogP contribution is 2.30. The molecule has 94 valence electrons. The lowest BCUT2D eigenvalue weighted by Crippen LogP contribution is -2.40. The van der Waals surface area contributed by atoms with Gasteiger partial charge in [-0.1, -0.05) is 13.3 Å². The second-order valence-electron chi connectivity index (χ2n) is 4.77. The van der Waals surface area contributed by atoms with E-state index in [1.807, 2.05) is 12.4 Å². The Balaban J connectivity index is 2.22. The molecule has 0 N–H and O–H groups in total. The van der Waals surface area contributed by atoms with Gasteiger partial charge in [-0.15, -0.1) is 11.6 Å². The Morgan fingerprint density at radius 1 is 1.47 bits per heavy atom. The molecule has 0 radical (unpaired) electrons. The van der Waals surface area contributed by atoms with E-state index in [2.05, 4.69) is 22.9 Å². The van der Waals surface area contributed by atoms with E-state index >= 15 is 0 Å². The third kappa shape index (κ3) is 2.92. The molecule has 0 amide bonds. The Morgan fingerprint density at radius 2 is 2.35 bits per heavy atom. The van der Waals surface area contributed by atoms with Crippen LogP contribution in [0.1, 0.15) is 44.6 Å². The van der Waals surface area contributed by atoms with E-state index < -0.39 is 0 Å². The SMILES string of the molecule is CCCC1CCCCN1c1ccncc1CCl. The van der Waals surface area contributed by atoms with Crippen LogP contribution in [0.15, 0.2) is 18.5 Å². The van der Waals surface area contributed by atoms with Gasteiger partial charge in [-0.2, -0.15) is 0 Å². The molecule has 1 unspecified atom stereocenters. The van der Waals surface area contributed by atoms with Gasteiger partial charge in [-0.3, -0.25) is 4.98 Å². The maximum absolute atomic E-state index is 6.01. The zero-order valence-electron chi connectivity index (χ0n) is 10.5. The molecule has 2 heterocycles. The molecule has 1 atom stereocenters. The number of piperidine rings is 1. The summed E-state index contributed by atoms with van der Waals surface area (Å²) in [6.45, 7) is 3.43. The van der Waals surface area contributed by atoms with E-state index in [0.29, 0.717) is 11.9 Å². The second-order valence-corrected chi connectivity index (χ2v) is 5.04. The number of nitrogens with zero attached hydrogens (tertiary/aromatic N) is 2. The quantitative estimate of drug-likeness (QED) is 0.754. The standard InChI is InChI=1S/C14H21ClN2/c1-2-5-13-6-3-4-9-17(13)14-7-8-16-11-12(14)10-15/h7-8,11,13H,2-6,9-10H2,1H3. The third-order valence-corrected chi connectivity index (χ3v) is 3.87. The molecule has 1 aromatic heterocycles. The highest BCUT2D eigenvalue weighted by Gasteiger charge is 2.23. The summed E-state index contributed by atoms with van der Waals surface area (Å²) in [6.07, 6.45) is 10.3. The fourth-order valence-electron chi connectivity index (χ4n) is 2.75. The molecule has 0 aliphatic carbocycles. The number of hydrogen-bond acceptors (Lipinski definition) is 2. The Kier molecular flexibility index (Phi) is 4.66. The van der Waals surface area contributed by atoms with Crippen LogP contribution in [-0.4, -0.2) is 17.6 Å². The number of rotatable bonds is 4. The van der Waals surface area contributed by atoms with Gasteiger partial charge in [0.05, 0.1) is 5.88 Å². The maximum Gasteiger partial charge on any atom is 0.0509 e. The van der Waals surface area contributed by atoms with Crippen LogP contribution < -0.4 is 4.90 Å². The summed E-state index contributed by atoms with van der Waals surface area (Å²) in [5.74, 6) is 0.554. The number of aromatic nitrogens is 1. The third-order valence-electron chi connectivity index (χ3n) is 3.58. The normalized spacial score (nSPS) is 20.6. The average molecular weight is 253 g/mol. The summed E-state index contributed by atoms with van der Waals surface area (Å²) in [7, 11) is 0. The van der Waals surface area contributed by atoms with Gasteiger partial charge in [0.2, 0.25) is 0 Å². The van der Waals surface area contributed by atoms with E-state index in [1.165, 1.54) is 44.3 Å². The Hall–Kier alpha value is -0.760. The number of anilines is 1. The van der Waals surface area contributed by atoms with E-state index in [4.69, 9.17) is 11.6 Å². The Labute approximate surface area is 109 Å². The molecule has 1 fully saturated rings. The predicted molar refractivity (Wildman–Crippen MR) is 73.7 cm³/mol. The van der Waals surface area contributed by atoms with Crippen LogP contribution in [0.5, 0.6) is 0 Å². The first-order valence-corrected chi connectivity index (χ1v) is 7.15. The van der Waals surface area contributed by atoms with Gasteiger partial charge in [0.25, 0.3) is 0 Å². The minimum Gasteiger partial charge on any atom is -0.368 e. The minimum absolute atomic E-state index is 0.554. The first-order valence-electron chi connectivity index (χ1n) is 6.62. The number of halogens is 1. The highest BCUT2D eigenvalue weighted by molar-refractivity contribution is 6.17. The van der Waals surface area contributed by atoms with E-state index in [1.54, 1.807) is 0 Å². The summed E-state index contributed by atoms with van der Waals surface area (Å²) in [5, 5.41) is 0. The maximum atomic E-state index is 6.01. The molecular weight excluding hydrogens is 232 g/mol. The fraction of sp³-hybridized carbons (Fsp3) is 0.643. The molecule has 1 aliphatic heterocycles. The van der Waals surface area contributed by atoms with Gasteiger partial charge in [0, 0.05) is 36.2 Å². The lowest BCUT2D eigenvalue weighted by atomic mass is 9.97. The van der Waals surface area contributed by atoms with Crippen LogP contribution in [-0.2, 0) is 5.88 Å². The molecule has 1 saturated heterocycles. The van der Waals surface area contributed by atoms with E-state index in [-0.39, 0.29) is 0 Å². The van der Waals surface area contributed by atoms with Crippen molar-refractivity contribution in [3.8, 4) is 0 Å². The van der Waals surface area contributed by atoms with Crippen molar-refractivity contribution >= 4 is 17.3 Å². The van der Waals surface area contributed by atoms with Crippen molar-refractivity contribution in [3.63, 3.8) is 0 Å². The first kappa shape index (κ1) is 12.7. The second kappa shape index (κ2) is 6.25. The van der Waals surface area contributed by atoms with E-state index in [0.717, 1.165) is 5.56 Å². The van der Waals surface area contributed by atoms with Crippen LogP contribution in [0.2, 0.25) is 0 Å². The van der Waals surface area contributed by atoms with Crippen molar-refractivity contribution in [3.05, 3.63) is 24.0 Å². The van der Waals surface area contributed by atoms with Crippen molar-refractivity contribution in [2.24, 2.45) is 0 Å². The van der Waals surface area contributed by atoms with E-state index in [9.17, 15) is 0 Å².